The fourth-order valence-electron chi connectivity index (χ4n) is 6.01. The van der Waals surface area contributed by atoms with Crippen LogP contribution < -0.4 is 9.80 Å². The quantitative estimate of drug-likeness (QED) is 0.232. The number of aliphatic hydroxyl groups excluding tert-OH is 1. The molecule has 1 spiro atoms. The van der Waals surface area contributed by atoms with Gasteiger partial charge in [0, 0.05) is 28.1 Å². The Balaban J connectivity index is 1.64. The number of benzene rings is 4. The molecule has 1 saturated heterocycles. The zero-order chi connectivity index (χ0) is 27.6. The van der Waals surface area contributed by atoms with E-state index < -0.39 is 40.3 Å². The first-order chi connectivity index (χ1) is 19.5. The lowest BCUT2D eigenvalue weighted by atomic mass is 9.79. The molecule has 0 radical (unpaired) electrons. The molecule has 2 heterocycles. The predicted octanol–water partition coefficient (Wildman–Crippen LogP) is 4.96. The number of nitrogens with zero attached hydrogens (tertiary/aromatic N) is 2. The monoisotopic (exact) mass is 524 g/mol. The minimum Gasteiger partial charge on any atom is -0.507 e. The molecular formula is C33H20N2O5. The standard InChI is InChI=1S/C33H20N2O5/c36-28(20-12-4-1-5-13-20)26-30(38)31(39)35(22-16-8-3-9-17-22)33(26)25-27(23-18-10-11-19-24(23)29(25)37)34(32(33)40)21-14-6-2-7-15-21/h1-19,36H/b28-26+. The van der Waals surface area contributed by atoms with Gasteiger partial charge in [-0.05, 0) is 24.3 Å². The number of carbonyl (C=O) groups is 4. The summed E-state index contributed by atoms with van der Waals surface area (Å²) in [4.78, 5) is 59.5. The molecule has 0 bridgehead atoms. The van der Waals surface area contributed by atoms with Gasteiger partial charge in [-0.25, -0.2) is 0 Å². The summed E-state index contributed by atoms with van der Waals surface area (Å²) in [7, 11) is 0. The second-order valence-electron chi connectivity index (χ2n) is 9.68. The van der Waals surface area contributed by atoms with E-state index in [1.54, 1.807) is 115 Å². The van der Waals surface area contributed by atoms with E-state index in [4.69, 9.17) is 0 Å². The van der Waals surface area contributed by atoms with Crippen molar-refractivity contribution in [1.82, 2.24) is 0 Å². The Morgan fingerprint density at radius 1 is 0.600 bits per heavy atom. The van der Waals surface area contributed by atoms with Gasteiger partial charge in [-0.1, -0.05) is 91.0 Å². The van der Waals surface area contributed by atoms with Gasteiger partial charge in [0.2, 0.25) is 0 Å². The molecular weight excluding hydrogens is 504 g/mol. The number of aliphatic hydroxyl groups is 1. The first-order valence-corrected chi connectivity index (χ1v) is 12.7. The third kappa shape index (κ3) is 2.88. The zero-order valence-corrected chi connectivity index (χ0v) is 20.9. The molecule has 4 aromatic carbocycles. The van der Waals surface area contributed by atoms with Crippen LogP contribution in [-0.2, 0) is 14.4 Å². The first kappa shape index (κ1) is 23.5. The number of anilines is 2. The fourth-order valence-corrected chi connectivity index (χ4v) is 6.01. The largest absolute Gasteiger partial charge is 0.507 e. The van der Waals surface area contributed by atoms with Gasteiger partial charge >= 0.3 is 5.91 Å². The third-order valence-electron chi connectivity index (χ3n) is 7.62. The van der Waals surface area contributed by atoms with E-state index in [9.17, 15) is 24.3 Å². The van der Waals surface area contributed by atoms with E-state index in [1.807, 2.05) is 0 Å². The van der Waals surface area contributed by atoms with Crippen molar-refractivity contribution in [2.75, 3.05) is 9.80 Å². The first-order valence-electron chi connectivity index (χ1n) is 12.7. The fraction of sp³-hybridized carbons (Fsp3) is 0.0303. The number of amides is 2. The van der Waals surface area contributed by atoms with Crippen LogP contribution in [0.25, 0.3) is 11.5 Å². The molecule has 192 valence electrons. The highest BCUT2D eigenvalue weighted by Crippen LogP contribution is 2.57. The number of hydrogen-bond donors (Lipinski definition) is 1. The normalized spacial score (nSPS) is 21.0. The van der Waals surface area contributed by atoms with Gasteiger partial charge in [0.25, 0.3) is 11.7 Å². The Kier molecular flexibility index (Phi) is 4.99. The van der Waals surface area contributed by atoms with Crippen molar-refractivity contribution >= 4 is 46.2 Å². The van der Waals surface area contributed by atoms with Gasteiger partial charge in [0.1, 0.15) is 5.76 Å². The highest BCUT2D eigenvalue weighted by molar-refractivity contribution is 6.58. The SMILES string of the molecule is O=C1C(=O)N(c2ccccc2)C2(C(=O)N(c3ccccc3)C3=C2C(=O)c2ccccc23)/C1=C(/O)c1ccccc1. The summed E-state index contributed by atoms with van der Waals surface area (Å²) in [5, 5.41) is 11.7. The average Bonchev–Trinajstić information content (AvgIpc) is 3.53. The van der Waals surface area contributed by atoms with Gasteiger partial charge in [-0.3, -0.25) is 29.0 Å². The van der Waals surface area contributed by atoms with E-state index in [0.717, 1.165) is 4.90 Å². The number of fused-ring (bicyclic) bond motifs is 3. The Morgan fingerprint density at radius 2 is 1.12 bits per heavy atom. The van der Waals surface area contributed by atoms with Crippen molar-refractivity contribution in [1.29, 1.82) is 0 Å². The number of carbonyl (C=O) groups excluding carboxylic acids is 4. The van der Waals surface area contributed by atoms with Gasteiger partial charge in [0.15, 0.2) is 11.3 Å². The Hall–Kier alpha value is -5.56. The molecule has 7 nitrogen and oxygen atoms in total. The summed E-state index contributed by atoms with van der Waals surface area (Å²) in [5.41, 5.74) is -0.629. The topological polar surface area (TPSA) is 95.0 Å². The molecule has 40 heavy (non-hydrogen) atoms. The van der Waals surface area contributed by atoms with Crippen LogP contribution >= 0.6 is 0 Å². The minimum atomic E-state index is -2.24. The molecule has 2 amide bonds. The number of rotatable bonds is 3. The van der Waals surface area contributed by atoms with Crippen LogP contribution in [0.4, 0.5) is 11.4 Å². The molecule has 7 heteroatoms. The molecule has 7 rings (SSSR count). The van der Waals surface area contributed by atoms with E-state index >= 15 is 0 Å². The Morgan fingerprint density at radius 3 is 1.75 bits per heavy atom. The van der Waals surface area contributed by atoms with E-state index in [2.05, 4.69) is 0 Å². The van der Waals surface area contributed by atoms with Crippen LogP contribution in [0, 0.1) is 0 Å². The summed E-state index contributed by atoms with van der Waals surface area (Å²) in [6.45, 7) is 0. The van der Waals surface area contributed by atoms with Crippen molar-refractivity contribution in [2.45, 2.75) is 5.54 Å². The molecule has 2 aliphatic heterocycles. The number of para-hydroxylation sites is 2. The molecule has 1 N–H and O–H groups in total. The average molecular weight is 525 g/mol. The van der Waals surface area contributed by atoms with Crippen LogP contribution in [-0.4, -0.2) is 34.0 Å². The summed E-state index contributed by atoms with van der Waals surface area (Å²) >= 11 is 0. The van der Waals surface area contributed by atoms with Crippen LogP contribution in [0.15, 0.2) is 126 Å². The van der Waals surface area contributed by atoms with E-state index in [0.29, 0.717) is 22.5 Å². The smallest absolute Gasteiger partial charge is 0.300 e. The highest BCUT2D eigenvalue weighted by Gasteiger charge is 2.71. The maximum absolute atomic E-state index is 15.0. The molecule has 1 fully saturated rings. The lowest BCUT2D eigenvalue weighted by Crippen LogP contribution is -2.57. The molecule has 1 aliphatic carbocycles. The lowest BCUT2D eigenvalue weighted by molar-refractivity contribution is -0.132. The summed E-state index contributed by atoms with van der Waals surface area (Å²) in [5.74, 6) is -3.78. The summed E-state index contributed by atoms with van der Waals surface area (Å²) < 4.78 is 0. The number of Topliss-reactive ketones (excluding diaryl/α,β-unsaturated/α-hetero) is 2. The second-order valence-corrected chi connectivity index (χ2v) is 9.68. The molecule has 1 atom stereocenters. The van der Waals surface area contributed by atoms with Crippen LogP contribution in [0.1, 0.15) is 21.5 Å². The second kappa shape index (κ2) is 8.47. The van der Waals surface area contributed by atoms with Crippen molar-refractivity contribution < 1.29 is 24.3 Å². The third-order valence-corrected chi connectivity index (χ3v) is 7.62. The highest BCUT2D eigenvalue weighted by atomic mass is 16.3. The van der Waals surface area contributed by atoms with Gasteiger partial charge in [-0.15, -0.1) is 0 Å². The Bertz CT molecular complexity index is 1830. The zero-order valence-electron chi connectivity index (χ0n) is 20.9. The van der Waals surface area contributed by atoms with Gasteiger partial charge in [-0.2, -0.15) is 0 Å². The molecule has 1 unspecified atom stereocenters. The van der Waals surface area contributed by atoms with Gasteiger partial charge in [0.05, 0.1) is 16.8 Å². The summed E-state index contributed by atoms with van der Waals surface area (Å²) in [6, 6.07) is 32.2. The number of ketones is 2. The van der Waals surface area contributed by atoms with Crippen LogP contribution in [0.3, 0.4) is 0 Å². The van der Waals surface area contributed by atoms with Gasteiger partial charge < -0.3 is 5.11 Å². The van der Waals surface area contributed by atoms with E-state index in [1.165, 1.54) is 4.90 Å². The van der Waals surface area contributed by atoms with E-state index in [-0.39, 0.29) is 16.8 Å². The maximum atomic E-state index is 15.0. The lowest BCUT2D eigenvalue weighted by Gasteiger charge is -2.36. The maximum Gasteiger partial charge on any atom is 0.300 e. The van der Waals surface area contributed by atoms with Crippen molar-refractivity contribution in [3.05, 3.63) is 143 Å². The molecule has 0 aromatic heterocycles. The molecule has 3 aliphatic rings. The molecule has 4 aromatic rings. The van der Waals surface area contributed by atoms with Crippen LogP contribution in [0.5, 0.6) is 0 Å². The van der Waals surface area contributed by atoms with Crippen molar-refractivity contribution in [3.8, 4) is 0 Å². The van der Waals surface area contributed by atoms with Crippen LogP contribution in [0.2, 0.25) is 0 Å². The Labute approximate surface area is 228 Å². The van der Waals surface area contributed by atoms with Crippen molar-refractivity contribution in [2.24, 2.45) is 0 Å². The summed E-state index contributed by atoms with van der Waals surface area (Å²) in [6.07, 6.45) is 0. The van der Waals surface area contributed by atoms with Crippen molar-refractivity contribution in [3.63, 3.8) is 0 Å². The number of hydrogen-bond acceptors (Lipinski definition) is 5. The molecule has 0 saturated carbocycles. The predicted molar refractivity (Wildman–Crippen MR) is 149 cm³/mol. The minimum absolute atomic E-state index is 0.0388.